The van der Waals surface area contributed by atoms with Crippen LogP contribution in [0.3, 0.4) is 0 Å². The molecule has 2 N–H and O–H groups in total. The molecule has 108 valence electrons. The number of hydrogen-bond acceptors (Lipinski definition) is 4. The number of hydrogen-bond donors (Lipinski definition) is 1. The van der Waals surface area contributed by atoms with Crippen molar-refractivity contribution in [3.63, 3.8) is 0 Å². The Morgan fingerprint density at radius 3 is 2.85 bits per heavy atom. The number of benzene rings is 1. The molecule has 4 nitrogen and oxygen atoms in total. The smallest absolute Gasteiger partial charge is 0.226 e. The van der Waals surface area contributed by atoms with Gasteiger partial charge in [-0.3, -0.25) is 4.90 Å². The van der Waals surface area contributed by atoms with Gasteiger partial charge in [-0.15, -0.1) is 12.4 Å². The van der Waals surface area contributed by atoms with Crippen LogP contribution in [-0.2, 0) is 6.54 Å². The van der Waals surface area contributed by atoms with Crippen LogP contribution in [0, 0.1) is 0 Å². The fourth-order valence-electron chi connectivity index (χ4n) is 2.67. The molecular formula is C15H20ClN3O. The van der Waals surface area contributed by atoms with Crippen molar-refractivity contribution in [1.82, 2.24) is 9.88 Å². The van der Waals surface area contributed by atoms with Crippen LogP contribution in [-0.4, -0.2) is 29.0 Å². The largest absolute Gasteiger partial charge is 0.444 e. The molecule has 20 heavy (non-hydrogen) atoms. The molecule has 0 saturated carbocycles. The van der Waals surface area contributed by atoms with E-state index < -0.39 is 0 Å². The van der Waals surface area contributed by atoms with Crippen LogP contribution in [0.5, 0.6) is 0 Å². The van der Waals surface area contributed by atoms with Crippen molar-refractivity contribution in [3.05, 3.63) is 42.3 Å². The summed E-state index contributed by atoms with van der Waals surface area (Å²) < 4.78 is 5.56. The Labute approximate surface area is 125 Å². The number of nitrogens with zero attached hydrogens (tertiary/aromatic N) is 2. The van der Waals surface area contributed by atoms with Gasteiger partial charge in [0, 0.05) is 24.7 Å². The molecule has 2 aromatic rings. The highest BCUT2D eigenvalue weighted by molar-refractivity contribution is 5.85. The van der Waals surface area contributed by atoms with Gasteiger partial charge in [-0.05, 0) is 31.5 Å². The molecule has 0 bridgehead atoms. The first-order valence-electron chi connectivity index (χ1n) is 6.81. The van der Waals surface area contributed by atoms with Crippen molar-refractivity contribution in [2.24, 2.45) is 5.73 Å². The summed E-state index contributed by atoms with van der Waals surface area (Å²) in [5.41, 5.74) is 7.79. The summed E-state index contributed by atoms with van der Waals surface area (Å²) in [6, 6.07) is 10.5. The molecule has 0 spiro atoms. The Hall–Kier alpha value is -1.36. The highest BCUT2D eigenvalue weighted by Gasteiger charge is 2.24. The van der Waals surface area contributed by atoms with Crippen LogP contribution in [0.25, 0.3) is 11.5 Å². The second-order valence-electron chi connectivity index (χ2n) is 5.01. The van der Waals surface area contributed by atoms with Crippen molar-refractivity contribution in [3.8, 4) is 11.5 Å². The molecular weight excluding hydrogens is 274 g/mol. The van der Waals surface area contributed by atoms with Gasteiger partial charge in [0.25, 0.3) is 0 Å². The lowest BCUT2D eigenvalue weighted by molar-refractivity contribution is 0.247. The summed E-state index contributed by atoms with van der Waals surface area (Å²) in [4.78, 5) is 6.96. The molecule has 0 radical (unpaired) electrons. The molecule has 1 aromatic heterocycles. The monoisotopic (exact) mass is 293 g/mol. The average molecular weight is 294 g/mol. The molecule has 1 aromatic carbocycles. The van der Waals surface area contributed by atoms with Crippen molar-refractivity contribution >= 4 is 12.4 Å². The van der Waals surface area contributed by atoms with Gasteiger partial charge >= 0.3 is 0 Å². The standard InChI is InChI=1S/C15H19N3O.ClH/c16-9-14-7-4-8-18(14)10-13-11-19-15(17-13)12-5-2-1-3-6-12;/h1-3,5-6,11,14H,4,7-10,16H2;1H. The van der Waals surface area contributed by atoms with E-state index in [2.05, 4.69) is 9.88 Å². The number of halogens is 1. The number of rotatable bonds is 4. The molecule has 1 aliphatic heterocycles. The Kier molecular flexibility index (Phi) is 5.17. The van der Waals surface area contributed by atoms with Gasteiger partial charge in [0.05, 0.1) is 5.69 Å². The van der Waals surface area contributed by atoms with Crippen molar-refractivity contribution < 1.29 is 4.42 Å². The number of likely N-dealkylation sites (tertiary alicyclic amines) is 1. The minimum atomic E-state index is 0. The predicted octanol–water partition coefficient (Wildman–Crippen LogP) is 2.69. The first kappa shape index (κ1) is 15.0. The van der Waals surface area contributed by atoms with E-state index in [1.165, 1.54) is 12.8 Å². The van der Waals surface area contributed by atoms with Gasteiger partial charge in [-0.1, -0.05) is 18.2 Å². The molecule has 0 aliphatic carbocycles. The van der Waals surface area contributed by atoms with E-state index in [4.69, 9.17) is 10.2 Å². The van der Waals surface area contributed by atoms with Gasteiger partial charge in [-0.2, -0.15) is 0 Å². The summed E-state index contributed by atoms with van der Waals surface area (Å²) in [5.74, 6) is 0.694. The van der Waals surface area contributed by atoms with Gasteiger partial charge in [-0.25, -0.2) is 4.98 Å². The van der Waals surface area contributed by atoms with Crippen LogP contribution in [0.1, 0.15) is 18.5 Å². The number of oxazole rings is 1. The number of aromatic nitrogens is 1. The highest BCUT2D eigenvalue weighted by atomic mass is 35.5. The first-order valence-corrected chi connectivity index (χ1v) is 6.81. The zero-order valence-corrected chi connectivity index (χ0v) is 12.2. The first-order chi connectivity index (χ1) is 9.36. The Balaban J connectivity index is 0.00000147. The molecule has 1 atom stereocenters. The summed E-state index contributed by atoms with van der Waals surface area (Å²) >= 11 is 0. The lowest BCUT2D eigenvalue weighted by Crippen LogP contribution is -2.34. The maximum absolute atomic E-state index is 5.79. The summed E-state index contributed by atoms with van der Waals surface area (Å²) in [6.07, 6.45) is 4.18. The highest BCUT2D eigenvalue weighted by Crippen LogP contribution is 2.22. The summed E-state index contributed by atoms with van der Waals surface area (Å²) in [5, 5.41) is 0. The number of nitrogens with two attached hydrogens (primary N) is 1. The topological polar surface area (TPSA) is 55.3 Å². The van der Waals surface area contributed by atoms with Crippen molar-refractivity contribution in [2.45, 2.75) is 25.4 Å². The van der Waals surface area contributed by atoms with Crippen molar-refractivity contribution in [2.75, 3.05) is 13.1 Å². The van der Waals surface area contributed by atoms with Crippen LogP contribution >= 0.6 is 12.4 Å². The molecule has 3 rings (SSSR count). The van der Waals surface area contributed by atoms with Crippen LogP contribution < -0.4 is 5.73 Å². The van der Waals surface area contributed by atoms with Crippen LogP contribution in [0.15, 0.2) is 41.0 Å². The van der Waals surface area contributed by atoms with Gasteiger partial charge < -0.3 is 10.2 Å². The quantitative estimate of drug-likeness (QED) is 0.942. The normalized spacial score (nSPS) is 18.9. The molecule has 0 amide bonds. The average Bonchev–Trinajstić information content (AvgIpc) is 3.09. The second-order valence-corrected chi connectivity index (χ2v) is 5.01. The molecule has 5 heteroatoms. The van der Waals surface area contributed by atoms with Crippen molar-refractivity contribution in [1.29, 1.82) is 0 Å². The third-order valence-corrected chi connectivity index (χ3v) is 3.71. The Morgan fingerprint density at radius 1 is 1.30 bits per heavy atom. The molecule has 2 heterocycles. The van der Waals surface area contributed by atoms with Crippen LogP contribution in [0.2, 0.25) is 0 Å². The Bertz CT molecular complexity index is 529. The minimum absolute atomic E-state index is 0. The molecule has 1 fully saturated rings. The predicted molar refractivity (Wildman–Crippen MR) is 81.7 cm³/mol. The zero-order valence-electron chi connectivity index (χ0n) is 11.4. The van der Waals surface area contributed by atoms with Gasteiger partial charge in [0.15, 0.2) is 0 Å². The van der Waals surface area contributed by atoms with E-state index in [1.807, 2.05) is 30.3 Å². The summed E-state index contributed by atoms with van der Waals surface area (Å²) in [7, 11) is 0. The van der Waals surface area contributed by atoms with E-state index in [1.54, 1.807) is 6.26 Å². The maximum atomic E-state index is 5.79. The van der Waals surface area contributed by atoms with E-state index in [0.29, 0.717) is 11.9 Å². The molecule has 1 unspecified atom stereocenters. The van der Waals surface area contributed by atoms with Gasteiger partial charge in [0.2, 0.25) is 5.89 Å². The van der Waals surface area contributed by atoms with E-state index in [-0.39, 0.29) is 12.4 Å². The van der Waals surface area contributed by atoms with E-state index in [9.17, 15) is 0 Å². The summed E-state index contributed by atoms with van der Waals surface area (Å²) in [6.45, 7) is 2.66. The SMILES string of the molecule is Cl.NCC1CCCN1Cc1coc(-c2ccccc2)n1. The minimum Gasteiger partial charge on any atom is -0.444 e. The Morgan fingerprint density at radius 2 is 2.10 bits per heavy atom. The van der Waals surface area contributed by atoms with E-state index >= 15 is 0 Å². The maximum Gasteiger partial charge on any atom is 0.226 e. The van der Waals surface area contributed by atoms with Crippen LogP contribution in [0.4, 0.5) is 0 Å². The fraction of sp³-hybridized carbons (Fsp3) is 0.400. The zero-order chi connectivity index (χ0) is 13.1. The lowest BCUT2D eigenvalue weighted by Gasteiger charge is -2.21. The lowest BCUT2D eigenvalue weighted by atomic mass is 10.2. The van der Waals surface area contributed by atoms with E-state index in [0.717, 1.165) is 30.9 Å². The molecule has 1 aliphatic rings. The fourth-order valence-corrected chi connectivity index (χ4v) is 2.67. The second kappa shape index (κ2) is 6.88. The third kappa shape index (κ3) is 3.20. The van der Waals surface area contributed by atoms with Gasteiger partial charge in [0.1, 0.15) is 6.26 Å². The third-order valence-electron chi connectivity index (χ3n) is 3.71. The molecule has 1 saturated heterocycles.